The maximum Gasteiger partial charge on any atom is 0.312 e. The fourth-order valence-electron chi connectivity index (χ4n) is 4.64. The molecular weight excluding hydrogens is 774 g/mol. The van der Waals surface area contributed by atoms with Crippen molar-refractivity contribution in [2.24, 2.45) is 17.6 Å². The molecule has 0 radical (unpaired) electrons. The predicted octanol–water partition coefficient (Wildman–Crippen LogP) is 2.09. The Morgan fingerprint density at radius 1 is 0.898 bits per heavy atom. The number of carbonyl (C=O) groups excluding carboxylic acids is 6. The highest BCUT2D eigenvalue weighted by molar-refractivity contribution is 9.14. The van der Waals surface area contributed by atoms with Crippen molar-refractivity contribution in [3.05, 3.63) is 38.8 Å². The van der Waals surface area contributed by atoms with E-state index >= 15 is 0 Å². The van der Waals surface area contributed by atoms with Gasteiger partial charge in [-0.25, -0.2) is 4.79 Å². The average Bonchev–Trinajstić information content (AvgIpc) is 3.25. The molecule has 6 amide bonds. The van der Waals surface area contributed by atoms with Crippen molar-refractivity contribution in [2.45, 2.75) is 52.2 Å². The molecule has 272 valence electrons. The molecule has 0 saturated carbocycles. The third-order valence-electron chi connectivity index (χ3n) is 7.32. The number of amides is 6. The Balaban J connectivity index is 1.71. The number of benzene rings is 1. The number of urea groups is 1. The van der Waals surface area contributed by atoms with E-state index in [9.17, 15) is 33.9 Å². The molecule has 0 bridgehead atoms. The molecule has 0 spiro atoms. The summed E-state index contributed by atoms with van der Waals surface area (Å²) in [5.41, 5.74) is 6.32. The van der Waals surface area contributed by atoms with Gasteiger partial charge in [0.2, 0.25) is 11.8 Å². The molecule has 1 aromatic rings. The van der Waals surface area contributed by atoms with Gasteiger partial charge in [0, 0.05) is 31.0 Å². The Morgan fingerprint density at radius 2 is 1.47 bits per heavy atom. The number of aliphatic hydroxyl groups excluding tert-OH is 1. The number of aliphatic hydroxyl groups is 1. The molecule has 15 nitrogen and oxygen atoms in total. The zero-order valence-corrected chi connectivity index (χ0v) is 30.8. The quantitative estimate of drug-likeness (QED) is 0.0757. The van der Waals surface area contributed by atoms with Gasteiger partial charge in [0.1, 0.15) is 8.96 Å². The van der Waals surface area contributed by atoms with Gasteiger partial charge in [-0.15, -0.1) is 0 Å². The Kier molecular flexibility index (Phi) is 19.3. The van der Waals surface area contributed by atoms with Crippen molar-refractivity contribution >= 4 is 73.0 Å². The normalized spacial score (nSPS) is 14.3. The summed E-state index contributed by atoms with van der Waals surface area (Å²) in [5, 5.41) is 17.3. The summed E-state index contributed by atoms with van der Waals surface area (Å²) in [4.78, 5) is 75.2. The second-order valence-electron chi connectivity index (χ2n) is 11.4. The second kappa shape index (κ2) is 22.5. The lowest BCUT2D eigenvalue weighted by Crippen LogP contribution is -2.45. The Morgan fingerprint density at radius 3 is 2.02 bits per heavy atom. The van der Waals surface area contributed by atoms with E-state index in [1.807, 2.05) is 0 Å². The van der Waals surface area contributed by atoms with Gasteiger partial charge < -0.3 is 41.0 Å². The first-order chi connectivity index (χ1) is 23.3. The molecule has 1 heterocycles. The van der Waals surface area contributed by atoms with E-state index in [0.29, 0.717) is 24.1 Å². The number of ether oxygens (including phenoxy) is 3. The van der Waals surface area contributed by atoms with Crippen LogP contribution < -0.4 is 21.7 Å². The van der Waals surface area contributed by atoms with Crippen LogP contribution in [0.3, 0.4) is 0 Å². The number of Topliss-reactive ketones (excluding diaryl/α,β-unsaturated/α-hetero) is 1. The van der Waals surface area contributed by atoms with Crippen molar-refractivity contribution < 1.29 is 48.1 Å². The summed E-state index contributed by atoms with van der Waals surface area (Å²) in [5.74, 6) is -2.86. The molecule has 0 aliphatic carbocycles. The number of nitrogens with one attached hydrogen (secondary N) is 3. The molecule has 2 rings (SSSR count). The highest BCUT2D eigenvalue weighted by Gasteiger charge is 2.35. The van der Waals surface area contributed by atoms with Crippen LogP contribution in [0.2, 0.25) is 0 Å². The number of rotatable bonds is 24. The van der Waals surface area contributed by atoms with Crippen LogP contribution in [-0.4, -0.2) is 104 Å². The van der Waals surface area contributed by atoms with Gasteiger partial charge in [0.15, 0.2) is 5.78 Å². The second-order valence-corrected chi connectivity index (χ2v) is 13.0. The molecule has 1 aromatic carbocycles. The lowest BCUT2D eigenvalue weighted by molar-refractivity contribution is -0.138. The van der Waals surface area contributed by atoms with E-state index in [1.165, 1.54) is 0 Å². The van der Waals surface area contributed by atoms with Gasteiger partial charge in [-0.1, -0.05) is 26.0 Å². The van der Waals surface area contributed by atoms with E-state index in [0.717, 1.165) is 4.90 Å². The van der Waals surface area contributed by atoms with Gasteiger partial charge in [-0.2, -0.15) is 0 Å². The number of ketones is 1. The van der Waals surface area contributed by atoms with Crippen LogP contribution in [0.15, 0.2) is 33.2 Å². The van der Waals surface area contributed by atoms with Gasteiger partial charge in [-0.05, 0) is 68.3 Å². The zero-order chi connectivity index (χ0) is 36.3. The van der Waals surface area contributed by atoms with Crippen LogP contribution in [0.5, 0.6) is 0 Å². The minimum Gasteiger partial charge on any atom is -0.392 e. The first kappa shape index (κ1) is 41.9. The number of nitrogens with zero attached hydrogens (tertiary/aromatic N) is 1. The number of hydrogen-bond acceptors (Lipinski definition) is 10. The number of hydrogen-bond donors (Lipinski definition) is 5. The highest BCUT2D eigenvalue weighted by atomic mass is 79.9. The number of nitrogens with two attached hydrogens (primary N) is 1. The number of carbonyl (C=O) groups is 6. The summed E-state index contributed by atoms with van der Waals surface area (Å²) >= 11 is 6.13. The molecule has 1 aliphatic heterocycles. The number of anilines is 1. The topological polar surface area (TPSA) is 216 Å². The summed E-state index contributed by atoms with van der Waals surface area (Å²) in [6.45, 7) is 5.10. The molecule has 49 heavy (non-hydrogen) atoms. The third-order valence-corrected chi connectivity index (χ3v) is 9.32. The number of halogens is 2. The smallest absolute Gasteiger partial charge is 0.312 e. The first-order valence-electron chi connectivity index (χ1n) is 15.9. The minimum atomic E-state index is -0.820. The van der Waals surface area contributed by atoms with Crippen LogP contribution >= 0.6 is 31.9 Å². The van der Waals surface area contributed by atoms with Gasteiger partial charge in [-0.3, -0.25) is 28.9 Å². The van der Waals surface area contributed by atoms with Crippen LogP contribution in [0.4, 0.5) is 10.5 Å². The monoisotopic (exact) mass is 817 g/mol. The summed E-state index contributed by atoms with van der Waals surface area (Å²) in [6, 6.07) is 5.15. The molecule has 2 atom stereocenters. The fourth-order valence-corrected chi connectivity index (χ4v) is 5.41. The zero-order valence-electron chi connectivity index (χ0n) is 27.6. The van der Waals surface area contributed by atoms with Gasteiger partial charge in [0.25, 0.3) is 11.8 Å². The van der Waals surface area contributed by atoms with Gasteiger partial charge in [0.05, 0.1) is 58.8 Å². The highest BCUT2D eigenvalue weighted by Crippen LogP contribution is 2.29. The van der Waals surface area contributed by atoms with Crippen LogP contribution in [0.25, 0.3) is 0 Å². The molecule has 0 fully saturated rings. The van der Waals surface area contributed by atoms with Gasteiger partial charge >= 0.3 is 6.03 Å². The van der Waals surface area contributed by atoms with Crippen molar-refractivity contribution in [1.29, 1.82) is 0 Å². The molecule has 0 unspecified atom stereocenters. The Bertz CT molecular complexity index is 1300. The standard InChI is InChI=1S/C32H45Br2N5O10/c1-20(2)28(24(41)18-22(4-3-10-36-32(35)46)29(43)37-23-7-5-21(19-40)6-8-23)38-25(42)9-12-47-14-16-49-17-15-48-13-11-39-30(44)26(33)27(34)31(39)45/h5-8,20,22,28,40H,3-4,9-19H2,1-2H3,(H,37,43)(H,38,42)(H3,35,36,46)/t22-,28+/m1/s1. The predicted molar refractivity (Wildman–Crippen MR) is 186 cm³/mol. The van der Waals surface area contributed by atoms with Crippen LogP contribution in [-0.2, 0) is 44.8 Å². The third kappa shape index (κ3) is 15.1. The minimum absolute atomic E-state index is 0.0151. The first-order valence-corrected chi connectivity index (χ1v) is 17.4. The Labute approximate surface area is 302 Å². The van der Waals surface area contributed by atoms with E-state index in [2.05, 4.69) is 47.8 Å². The summed E-state index contributed by atoms with van der Waals surface area (Å²) in [7, 11) is 0. The van der Waals surface area contributed by atoms with E-state index in [1.54, 1.807) is 38.1 Å². The molecule has 0 aromatic heterocycles. The summed E-state index contributed by atoms with van der Waals surface area (Å²) in [6.07, 6.45) is 0.588. The van der Waals surface area contributed by atoms with E-state index in [-0.39, 0.29) is 105 Å². The molecule has 6 N–H and O–H groups in total. The van der Waals surface area contributed by atoms with Crippen LogP contribution in [0, 0.1) is 11.8 Å². The lowest BCUT2D eigenvalue weighted by Gasteiger charge is -2.24. The number of imide groups is 1. The van der Waals surface area contributed by atoms with E-state index in [4.69, 9.17) is 19.9 Å². The fraction of sp³-hybridized carbons (Fsp3) is 0.562. The van der Waals surface area contributed by atoms with Crippen LogP contribution in [0.1, 0.15) is 45.1 Å². The number of primary amides is 1. The molecular formula is C32H45Br2N5O10. The van der Waals surface area contributed by atoms with Crippen molar-refractivity contribution in [2.75, 3.05) is 58.0 Å². The SMILES string of the molecule is CC(C)[C@H](NC(=O)CCOCCOCCOCCN1C(=O)C(Br)=C(Br)C1=O)C(=O)C[C@@H](CCCNC(N)=O)C(=O)Nc1ccc(CO)cc1. The lowest BCUT2D eigenvalue weighted by atomic mass is 9.89. The molecule has 0 saturated heterocycles. The van der Waals surface area contributed by atoms with Crippen molar-refractivity contribution in [3.8, 4) is 0 Å². The summed E-state index contributed by atoms with van der Waals surface area (Å²) < 4.78 is 16.7. The molecule has 1 aliphatic rings. The Hall–Kier alpha value is -3.22. The van der Waals surface area contributed by atoms with Crippen molar-refractivity contribution in [3.63, 3.8) is 0 Å². The maximum atomic E-state index is 13.4. The van der Waals surface area contributed by atoms with Crippen molar-refractivity contribution in [1.82, 2.24) is 15.5 Å². The molecule has 17 heteroatoms. The average molecular weight is 820 g/mol. The largest absolute Gasteiger partial charge is 0.392 e. The van der Waals surface area contributed by atoms with E-state index < -0.39 is 29.8 Å². The maximum absolute atomic E-state index is 13.4.